The van der Waals surface area contributed by atoms with Gasteiger partial charge < -0.3 is 5.32 Å². The molecule has 25 heavy (non-hydrogen) atoms. The van der Waals surface area contributed by atoms with E-state index in [2.05, 4.69) is 20.7 Å². The summed E-state index contributed by atoms with van der Waals surface area (Å²) in [5.41, 5.74) is 1.40. The number of benzene rings is 2. The molecule has 1 aromatic heterocycles. The van der Waals surface area contributed by atoms with Crippen LogP contribution in [0.5, 0.6) is 0 Å². The molecular formula is C17H15ClFN5O. The van der Waals surface area contributed by atoms with Crippen LogP contribution in [0.4, 0.5) is 4.39 Å². The minimum Gasteiger partial charge on any atom is -0.348 e. The Morgan fingerprint density at radius 3 is 2.84 bits per heavy atom. The first-order valence-corrected chi connectivity index (χ1v) is 7.97. The van der Waals surface area contributed by atoms with Crippen molar-refractivity contribution >= 4 is 17.5 Å². The van der Waals surface area contributed by atoms with E-state index in [0.29, 0.717) is 10.6 Å². The number of rotatable bonds is 5. The number of halogens is 2. The molecule has 3 rings (SSSR count). The van der Waals surface area contributed by atoms with Gasteiger partial charge in [-0.2, -0.15) is 4.80 Å². The summed E-state index contributed by atoms with van der Waals surface area (Å²) in [6.07, 6.45) is 0. The number of hydrogen-bond donors (Lipinski definition) is 1. The highest BCUT2D eigenvalue weighted by Gasteiger charge is 2.13. The second-order valence-corrected chi connectivity index (χ2v) is 5.93. The van der Waals surface area contributed by atoms with E-state index in [4.69, 9.17) is 11.6 Å². The number of nitrogens with zero attached hydrogens (tertiary/aromatic N) is 4. The number of carbonyl (C=O) groups excluding carboxylic acids is 1. The first kappa shape index (κ1) is 17.0. The van der Waals surface area contributed by atoms with Gasteiger partial charge in [0.2, 0.25) is 11.7 Å². The van der Waals surface area contributed by atoms with E-state index < -0.39 is 0 Å². The molecule has 0 unspecified atom stereocenters. The Morgan fingerprint density at radius 2 is 2.08 bits per heavy atom. The summed E-state index contributed by atoms with van der Waals surface area (Å²) in [6, 6.07) is 12.9. The van der Waals surface area contributed by atoms with E-state index in [-0.39, 0.29) is 30.1 Å². The van der Waals surface area contributed by atoms with E-state index >= 15 is 0 Å². The fourth-order valence-corrected chi connectivity index (χ4v) is 2.53. The number of hydrogen-bond acceptors (Lipinski definition) is 4. The van der Waals surface area contributed by atoms with E-state index in [9.17, 15) is 9.18 Å². The minimum absolute atomic E-state index is 0.0901. The molecular weight excluding hydrogens is 345 g/mol. The molecule has 3 aromatic rings. The van der Waals surface area contributed by atoms with Crippen LogP contribution in [0.15, 0.2) is 48.5 Å². The molecule has 0 aliphatic carbocycles. The van der Waals surface area contributed by atoms with Crippen LogP contribution in [0.2, 0.25) is 5.02 Å². The van der Waals surface area contributed by atoms with Crippen molar-refractivity contribution < 1.29 is 9.18 Å². The first-order valence-electron chi connectivity index (χ1n) is 7.60. The maximum absolute atomic E-state index is 13.2. The Bertz CT molecular complexity index is 898. The van der Waals surface area contributed by atoms with Gasteiger partial charge in [0.1, 0.15) is 12.4 Å². The minimum atomic E-state index is -0.387. The summed E-state index contributed by atoms with van der Waals surface area (Å²) in [5.74, 6) is -0.396. The average Bonchev–Trinajstić information content (AvgIpc) is 3.03. The van der Waals surface area contributed by atoms with E-state index in [0.717, 1.165) is 5.56 Å². The predicted molar refractivity (Wildman–Crippen MR) is 91.2 cm³/mol. The zero-order valence-electron chi connectivity index (χ0n) is 13.4. The van der Waals surface area contributed by atoms with Crippen molar-refractivity contribution in [3.05, 3.63) is 64.9 Å². The molecule has 0 aliphatic rings. The Hall–Kier alpha value is -2.80. The van der Waals surface area contributed by atoms with Crippen LogP contribution in [0, 0.1) is 5.82 Å². The van der Waals surface area contributed by atoms with Crippen LogP contribution in [0.3, 0.4) is 0 Å². The van der Waals surface area contributed by atoms with Crippen molar-refractivity contribution in [2.45, 2.75) is 19.5 Å². The molecule has 0 aliphatic heterocycles. The molecule has 6 nitrogen and oxygen atoms in total. The highest BCUT2D eigenvalue weighted by molar-refractivity contribution is 6.30. The molecule has 1 amide bonds. The SMILES string of the molecule is C[C@@H](NC(=O)Cn1nnc(-c2cccc(F)c2)n1)c1cccc(Cl)c1. The average molecular weight is 360 g/mol. The highest BCUT2D eigenvalue weighted by atomic mass is 35.5. The molecule has 8 heteroatoms. The maximum atomic E-state index is 13.2. The van der Waals surface area contributed by atoms with Crippen LogP contribution in [0.1, 0.15) is 18.5 Å². The van der Waals surface area contributed by atoms with E-state index in [1.807, 2.05) is 19.1 Å². The quantitative estimate of drug-likeness (QED) is 0.760. The molecule has 0 saturated carbocycles. The fraction of sp³-hybridized carbons (Fsp3) is 0.176. The van der Waals surface area contributed by atoms with Crippen LogP contribution < -0.4 is 5.32 Å². The second-order valence-electron chi connectivity index (χ2n) is 5.50. The predicted octanol–water partition coefficient (Wildman–Crippen LogP) is 3.01. The number of carbonyl (C=O) groups is 1. The zero-order chi connectivity index (χ0) is 17.8. The van der Waals surface area contributed by atoms with Gasteiger partial charge in [0, 0.05) is 10.6 Å². The maximum Gasteiger partial charge on any atom is 0.244 e. The van der Waals surface area contributed by atoms with Crippen molar-refractivity contribution in [1.82, 2.24) is 25.5 Å². The van der Waals surface area contributed by atoms with Crippen molar-refractivity contribution in [2.75, 3.05) is 0 Å². The molecule has 2 aromatic carbocycles. The third kappa shape index (κ3) is 4.39. The summed E-state index contributed by atoms with van der Waals surface area (Å²) >= 11 is 5.96. The van der Waals surface area contributed by atoms with Crippen molar-refractivity contribution in [2.24, 2.45) is 0 Å². The molecule has 128 valence electrons. The standard InChI is InChI=1S/C17H15ClFN5O/c1-11(12-4-2-6-14(18)8-12)20-16(25)10-24-22-17(21-23-24)13-5-3-7-15(19)9-13/h2-9,11H,10H2,1H3,(H,20,25)/t11-/m1/s1. The topological polar surface area (TPSA) is 72.7 Å². The lowest BCUT2D eigenvalue weighted by atomic mass is 10.1. The normalized spacial score (nSPS) is 12.0. The van der Waals surface area contributed by atoms with Gasteiger partial charge in [0.15, 0.2) is 0 Å². The van der Waals surface area contributed by atoms with Crippen molar-refractivity contribution in [3.63, 3.8) is 0 Å². The molecule has 1 atom stereocenters. The number of nitrogens with one attached hydrogen (secondary N) is 1. The zero-order valence-corrected chi connectivity index (χ0v) is 14.1. The lowest BCUT2D eigenvalue weighted by molar-refractivity contribution is -0.122. The van der Waals surface area contributed by atoms with Crippen molar-refractivity contribution in [3.8, 4) is 11.4 Å². The number of tetrazole rings is 1. The van der Waals surface area contributed by atoms with Gasteiger partial charge >= 0.3 is 0 Å². The fourth-order valence-electron chi connectivity index (χ4n) is 2.33. The summed E-state index contributed by atoms with van der Waals surface area (Å²) in [5, 5.41) is 15.2. The number of aromatic nitrogens is 4. The summed E-state index contributed by atoms with van der Waals surface area (Å²) in [4.78, 5) is 13.3. The van der Waals surface area contributed by atoms with Gasteiger partial charge in [-0.3, -0.25) is 4.79 Å². The van der Waals surface area contributed by atoms with Gasteiger partial charge in [-0.1, -0.05) is 35.9 Å². The van der Waals surface area contributed by atoms with Crippen LogP contribution >= 0.6 is 11.6 Å². The van der Waals surface area contributed by atoms with E-state index in [1.165, 1.54) is 16.9 Å². The Kier molecular flexibility index (Phi) is 5.04. The second kappa shape index (κ2) is 7.40. The van der Waals surface area contributed by atoms with Crippen molar-refractivity contribution in [1.29, 1.82) is 0 Å². The molecule has 0 fully saturated rings. The van der Waals surface area contributed by atoms with Gasteiger partial charge in [-0.25, -0.2) is 4.39 Å². The third-order valence-corrected chi connectivity index (χ3v) is 3.78. The lowest BCUT2D eigenvalue weighted by Crippen LogP contribution is -2.30. The molecule has 1 heterocycles. The summed E-state index contributed by atoms with van der Waals surface area (Å²) in [7, 11) is 0. The Labute approximate surface area is 148 Å². The van der Waals surface area contributed by atoms with Crippen LogP contribution in [-0.4, -0.2) is 26.1 Å². The van der Waals surface area contributed by atoms with Gasteiger partial charge in [0.05, 0.1) is 6.04 Å². The molecule has 0 radical (unpaired) electrons. The molecule has 0 bridgehead atoms. The Morgan fingerprint density at radius 1 is 1.28 bits per heavy atom. The summed E-state index contributed by atoms with van der Waals surface area (Å²) in [6.45, 7) is 1.77. The van der Waals surface area contributed by atoms with E-state index in [1.54, 1.807) is 24.3 Å². The van der Waals surface area contributed by atoms with Gasteiger partial charge in [-0.15, -0.1) is 10.2 Å². The van der Waals surface area contributed by atoms with Crippen LogP contribution in [0.25, 0.3) is 11.4 Å². The third-order valence-electron chi connectivity index (χ3n) is 3.55. The smallest absolute Gasteiger partial charge is 0.244 e. The lowest BCUT2D eigenvalue weighted by Gasteiger charge is -2.14. The monoisotopic (exact) mass is 359 g/mol. The Balaban J connectivity index is 1.64. The van der Waals surface area contributed by atoms with Gasteiger partial charge in [-0.05, 0) is 42.0 Å². The van der Waals surface area contributed by atoms with Crippen LogP contribution in [-0.2, 0) is 11.3 Å². The largest absolute Gasteiger partial charge is 0.348 e. The first-order chi connectivity index (χ1) is 12.0. The molecule has 0 spiro atoms. The number of amides is 1. The summed E-state index contributed by atoms with van der Waals surface area (Å²) < 4.78 is 13.2. The molecule has 1 N–H and O–H groups in total. The van der Waals surface area contributed by atoms with Gasteiger partial charge in [0.25, 0.3) is 0 Å². The molecule has 0 saturated heterocycles. The highest BCUT2D eigenvalue weighted by Crippen LogP contribution is 2.17.